The van der Waals surface area contributed by atoms with E-state index in [1.165, 1.54) is 17.0 Å². The van der Waals surface area contributed by atoms with Crippen LogP contribution in [0.5, 0.6) is 0 Å². The highest BCUT2D eigenvalue weighted by Gasteiger charge is 2.51. The molecule has 0 radical (unpaired) electrons. The molecule has 3 rings (SSSR count). The summed E-state index contributed by atoms with van der Waals surface area (Å²) in [6, 6.07) is 3.17. The maximum atomic E-state index is 13.7. The Kier molecular flexibility index (Phi) is 2.82. The van der Waals surface area contributed by atoms with Gasteiger partial charge in [0, 0.05) is 12.2 Å². The molecule has 2 aliphatic heterocycles. The van der Waals surface area contributed by atoms with E-state index in [0.29, 0.717) is 6.42 Å². The molecule has 21 heavy (non-hydrogen) atoms. The fourth-order valence-corrected chi connectivity index (χ4v) is 2.68. The third kappa shape index (κ3) is 2.08. The Morgan fingerprint density at radius 3 is 2.81 bits per heavy atom. The number of nitrogens with zero attached hydrogens (tertiary/aromatic N) is 1. The van der Waals surface area contributed by atoms with Gasteiger partial charge < -0.3 is 16.0 Å². The summed E-state index contributed by atoms with van der Waals surface area (Å²) in [5.41, 5.74) is 4.59. The highest BCUT2D eigenvalue weighted by Crippen LogP contribution is 2.26. The molecule has 2 fully saturated rings. The third-order valence-electron chi connectivity index (χ3n) is 3.79. The van der Waals surface area contributed by atoms with Gasteiger partial charge in [0.2, 0.25) is 0 Å². The van der Waals surface area contributed by atoms with E-state index in [2.05, 4.69) is 10.6 Å². The van der Waals surface area contributed by atoms with Crippen molar-refractivity contribution in [2.45, 2.75) is 12.0 Å². The monoisotopic (exact) mass is 292 g/mol. The minimum absolute atomic E-state index is 0.0116. The third-order valence-corrected chi connectivity index (χ3v) is 3.79. The smallest absolute Gasteiger partial charge is 0.322 e. The Morgan fingerprint density at radius 1 is 1.38 bits per heavy atom. The molecule has 0 aromatic heterocycles. The van der Waals surface area contributed by atoms with Gasteiger partial charge in [0.25, 0.3) is 11.8 Å². The lowest BCUT2D eigenvalue weighted by Gasteiger charge is -2.21. The average molecular weight is 292 g/mol. The standard InChI is InChI=1S/C13H13FN4O3/c14-9-2-1-7(15)5-8(9)10(19)18-4-3-13(6-18)11(20)16-12(21)17-13/h1-2,5H,3-4,6,15H2,(H2,16,17,20,21). The number of hydrogen-bond donors (Lipinski definition) is 3. The number of imide groups is 1. The quantitative estimate of drug-likeness (QED) is 0.494. The van der Waals surface area contributed by atoms with Gasteiger partial charge >= 0.3 is 6.03 Å². The summed E-state index contributed by atoms with van der Waals surface area (Å²) in [4.78, 5) is 36.7. The predicted molar refractivity (Wildman–Crippen MR) is 70.7 cm³/mol. The summed E-state index contributed by atoms with van der Waals surface area (Å²) in [5, 5.41) is 4.68. The number of nitrogen functional groups attached to an aromatic ring is 1. The number of hydrogen-bond acceptors (Lipinski definition) is 4. The van der Waals surface area contributed by atoms with E-state index in [1.807, 2.05) is 0 Å². The molecule has 110 valence electrons. The Labute approximate surface area is 119 Å². The zero-order valence-corrected chi connectivity index (χ0v) is 11.0. The van der Waals surface area contributed by atoms with Crippen molar-refractivity contribution in [1.29, 1.82) is 0 Å². The average Bonchev–Trinajstić information content (AvgIpc) is 2.97. The van der Waals surface area contributed by atoms with Gasteiger partial charge in [-0.05, 0) is 24.6 Å². The lowest BCUT2D eigenvalue weighted by Crippen LogP contribution is -2.49. The molecular formula is C13H13FN4O3. The van der Waals surface area contributed by atoms with Crippen molar-refractivity contribution in [3.63, 3.8) is 0 Å². The molecule has 1 atom stereocenters. The number of rotatable bonds is 1. The second-order valence-electron chi connectivity index (χ2n) is 5.21. The highest BCUT2D eigenvalue weighted by molar-refractivity contribution is 6.08. The number of carbonyl (C=O) groups is 3. The first-order chi connectivity index (χ1) is 9.91. The Hall–Kier alpha value is -2.64. The first-order valence-corrected chi connectivity index (χ1v) is 6.39. The van der Waals surface area contributed by atoms with Gasteiger partial charge in [0.05, 0.1) is 12.1 Å². The van der Waals surface area contributed by atoms with Crippen LogP contribution in [0.1, 0.15) is 16.8 Å². The van der Waals surface area contributed by atoms with Crippen LogP contribution in [0.4, 0.5) is 14.9 Å². The molecule has 2 aliphatic rings. The van der Waals surface area contributed by atoms with Gasteiger partial charge in [-0.3, -0.25) is 14.9 Å². The molecule has 1 unspecified atom stereocenters. The SMILES string of the molecule is Nc1ccc(F)c(C(=O)N2CCC3(C2)NC(=O)NC3=O)c1. The van der Waals surface area contributed by atoms with Gasteiger partial charge in [0.1, 0.15) is 11.4 Å². The van der Waals surface area contributed by atoms with E-state index in [9.17, 15) is 18.8 Å². The van der Waals surface area contributed by atoms with E-state index >= 15 is 0 Å². The number of nitrogens with two attached hydrogens (primary N) is 1. The van der Waals surface area contributed by atoms with E-state index in [4.69, 9.17) is 5.73 Å². The largest absolute Gasteiger partial charge is 0.399 e. The second kappa shape index (κ2) is 4.44. The Bertz CT molecular complexity index is 663. The summed E-state index contributed by atoms with van der Waals surface area (Å²) in [6.07, 6.45) is 0.292. The number of anilines is 1. The van der Waals surface area contributed by atoms with Crippen LogP contribution in [0.15, 0.2) is 18.2 Å². The van der Waals surface area contributed by atoms with Gasteiger partial charge in [-0.15, -0.1) is 0 Å². The molecule has 0 saturated carbocycles. The van der Waals surface area contributed by atoms with Crippen molar-refractivity contribution in [2.75, 3.05) is 18.8 Å². The molecule has 1 aromatic carbocycles. The topological polar surface area (TPSA) is 105 Å². The van der Waals surface area contributed by atoms with E-state index < -0.39 is 29.2 Å². The van der Waals surface area contributed by atoms with Crippen molar-refractivity contribution < 1.29 is 18.8 Å². The van der Waals surface area contributed by atoms with E-state index in [1.54, 1.807) is 0 Å². The van der Waals surface area contributed by atoms with Crippen LogP contribution in [0.2, 0.25) is 0 Å². The van der Waals surface area contributed by atoms with Crippen LogP contribution < -0.4 is 16.4 Å². The zero-order valence-electron chi connectivity index (χ0n) is 11.0. The molecule has 4 amide bonds. The summed E-state index contributed by atoms with van der Waals surface area (Å²) in [5.74, 6) is -1.68. The molecule has 2 saturated heterocycles. The summed E-state index contributed by atoms with van der Waals surface area (Å²) >= 11 is 0. The molecule has 8 heteroatoms. The molecule has 4 N–H and O–H groups in total. The van der Waals surface area contributed by atoms with Gasteiger partial charge in [-0.2, -0.15) is 0 Å². The number of likely N-dealkylation sites (tertiary alicyclic amines) is 1. The first-order valence-electron chi connectivity index (χ1n) is 6.39. The van der Waals surface area contributed by atoms with Crippen LogP contribution in [0.25, 0.3) is 0 Å². The predicted octanol–water partition coefficient (Wildman–Crippen LogP) is -0.168. The lowest BCUT2D eigenvalue weighted by atomic mass is 9.99. The zero-order chi connectivity index (χ0) is 15.2. The normalized spacial score (nSPS) is 24.3. The minimum Gasteiger partial charge on any atom is -0.399 e. The summed E-state index contributed by atoms with van der Waals surface area (Å²) < 4.78 is 13.7. The van der Waals surface area contributed by atoms with Crippen molar-refractivity contribution in [2.24, 2.45) is 0 Å². The number of urea groups is 1. The Balaban J connectivity index is 1.83. The highest BCUT2D eigenvalue weighted by atomic mass is 19.1. The maximum Gasteiger partial charge on any atom is 0.322 e. The van der Waals surface area contributed by atoms with Crippen LogP contribution in [-0.2, 0) is 4.79 Å². The molecule has 7 nitrogen and oxygen atoms in total. The van der Waals surface area contributed by atoms with Crippen molar-refractivity contribution >= 4 is 23.5 Å². The number of amides is 4. The Morgan fingerprint density at radius 2 is 2.14 bits per heavy atom. The van der Waals surface area contributed by atoms with Crippen LogP contribution in [0.3, 0.4) is 0 Å². The molecule has 0 aliphatic carbocycles. The summed E-state index contributed by atoms with van der Waals surface area (Å²) in [6.45, 7) is 0.262. The number of benzene rings is 1. The molecular weight excluding hydrogens is 279 g/mol. The summed E-state index contributed by atoms with van der Waals surface area (Å²) in [7, 11) is 0. The van der Waals surface area contributed by atoms with Gasteiger partial charge in [0.15, 0.2) is 0 Å². The molecule has 2 heterocycles. The molecule has 0 bridgehead atoms. The van der Waals surface area contributed by atoms with Crippen LogP contribution in [0, 0.1) is 5.82 Å². The van der Waals surface area contributed by atoms with E-state index in [-0.39, 0.29) is 24.3 Å². The second-order valence-corrected chi connectivity index (χ2v) is 5.21. The van der Waals surface area contributed by atoms with Gasteiger partial charge in [-0.25, -0.2) is 9.18 Å². The van der Waals surface area contributed by atoms with Crippen molar-refractivity contribution in [1.82, 2.24) is 15.5 Å². The molecule has 1 aromatic rings. The first kappa shape index (κ1) is 13.3. The fraction of sp³-hybridized carbons (Fsp3) is 0.308. The minimum atomic E-state index is -1.11. The number of nitrogens with one attached hydrogen (secondary N) is 2. The number of carbonyl (C=O) groups excluding carboxylic acids is 3. The number of halogens is 1. The van der Waals surface area contributed by atoms with Gasteiger partial charge in [-0.1, -0.05) is 0 Å². The lowest BCUT2D eigenvalue weighted by molar-refractivity contribution is -0.123. The van der Waals surface area contributed by atoms with Crippen molar-refractivity contribution in [3.8, 4) is 0 Å². The van der Waals surface area contributed by atoms with Crippen LogP contribution >= 0.6 is 0 Å². The van der Waals surface area contributed by atoms with E-state index in [0.717, 1.165) is 6.07 Å². The fourth-order valence-electron chi connectivity index (χ4n) is 2.68. The van der Waals surface area contributed by atoms with Crippen molar-refractivity contribution in [3.05, 3.63) is 29.6 Å². The maximum absolute atomic E-state index is 13.7. The molecule has 1 spiro atoms. The van der Waals surface area contributed by atoms with Crippen LogP contribution in [-0.4, -0.2) is 41.4 Å².